The van der Waals surface area contributed by atoms with Gasteiger partial charge in [-0.25, -0.2) is 0 Å². The van der Waals surface area contributed by atoms with Crippen molar-refractivity contribution in [3.63, 3.8) is 0 Å². The van der Waals surface area contributed by atoms with Gasteiger partial charge in [0.25, 0.3) is 0 Å². The second-order valence-electron chi connectivity index (χ2n) is 5.96. The first-order chi connectivity index (χ1) is 8.43. The largest absolute Gasteiger partial charge is 0.312 e. The molecule has 0 aromatic carbocycles. The quantitative estimate of drug-likeness (QED) is 0.832. The van der Waals surface area contributed by atoms with Gasteiger partial charge in [0.2, 0.25) is 0 Å². The summed E-state index contributed by atoms with van der Waals surface area (Å²) in [6.07, 6.45) is 8.62. The van der Waals surface area contributed by atoms with Crippen molar-refractivity contribution in [1.29, 1.82) is 0 Å². The van der Waals surface area contributed by atoms with E-state index in [1.54, 1.807) is 0 Å². The number of fused-ring (bicyclic) bond motifs is 1. The van der Waals surface area contributed by atoms with Crippen LogP contribution in [0.2, 0.25) is 0 Å². The Balaban J connectivity index is 1.45. The molecule has 3 heterocycles. The van der Waals surface area contributed by atoms with Gasteiger partial charge in [-0.15, -0.1) is 0 Å². The lowest BCUT2D eigenvalue weighted by molar-refractivity contribution is 0.178. The van der Waals surface area contributed by atoms with E-state index in [-0.39, 0.29) is 0 Å². The molecule has 0 bridgehead atoms. The molecule has 2 nitrogen and oxygen atoms in total. The van der Waals surface area contributed by atoms with Gasteiger partial charge < -0.3 is 5.32 Å². The fourth-order valence-corrected chi connectivity index (χ4v) is 4.96. The number of nitrogens with zero attached hydrogens (tertiary/aromatic N) is 1. The maximum atomic E-state index is 3.90. The summed E-state index contributed by atoms with van der Waals surface area (Å²) in [5, 5.41) is 3.90. The van der Waals surface area contributed by atoms with Gasteiger partial charge >= 0.3 is 0 Å². The summed E-state index contributed by atoms with van der Waals surface area (Å²) in [7, 11) is 0. The zero-order valence-corrected chi connectivity index (χ0v) is 11.7. The van der Waals surface area contributed by atoms with Gasteiger partial charge in [0.15, 0.2) is 0 Å². The van der Waals surface area contributed by atoms with Gasteiger partial charge in [-0.05, 0) is 62.6 Å². The van der Waals surface area contributed by atoms with E-state index in [2.05, 4.69) is 22.0 Å². The van der Waals surface area contributed by atoms with Crippen molar-refractivity contribution in [1.82, 2.24) is 10.2 Å². The molecule has 2 atom stereocenters. The first-order valence-electron chi connectivity index (χ1n) is 7.48. The summed E-state index contributed by atoms with van der Waals surface area (Å²) in [6, 6.07) is 1.69. The second-order valence-corrected chi connectivity index (χ2v) is 7.18. The summed E-state index contributed by atoms with van der Waals surface area (Å²) >= 11 is 2.14. The summed E-state index contributed by atoms with van der Waals surface area (Å²) in [6.45, 7) is 4.00. The summed E-state index contributed by atoms with van der Waals surface area (Å²) in [5.74, 6) is 3.76. The molecule has 2 unspecified atom stereocenters. The number of hydrogen-bond acceptors (Lipinski definition) is 3. The molecule has 0 amide bonds. The molecular formula is C14H26N2S. The Morgan fingerprint density at radius 3 is 2.76 bits per heavy atom. The predicted octanol–water partition coefficient (Wildman–Crippen LogP) is 2.35. The Morgan fingerprint density at radius 1 is 1.00 bits per heavy atom. The van der Waals surface area contributed by atoms with Crippen LogP contribution in [-0.4, -0.2) is 48.1 Å². The summed E-state index contributed by atoms with van der Waals surface area (Å²) < 4.78 is 0. The first-order valence-corrected chi connectivity index (χ1v) is 8.64. The fraction of sp³-hybridized carbons (Fsp3) is 1.00. The molecule has 3 rings (SSSR count). The predicted molar refractivity (Wildman–Crippen MR) is 75.7 cm³/mol. The minimum Gasteiger partial charge on any atom is -0.312 e. The highest BCUT2D eigenvalue weighted by molar-refractivity contribution is 7.99. The van der Waals surface area contributed by atoms with Gasteiger partial charge in [0.1, 0.15) is 0 Å². The third-order valence-corrected chi connectivity index (χ3v) is 5.91. The zero-order valence-electron chi connectivity index (χ0n) is 10.9. The number of hydrogen-bond donors (Lipinski definition) is 1. The monoisotopic (exact) mass is 254 g/mol. The Hall–Kier alpha value is 0.270. The smallest absolute Gasteiger partial charge is 0.0249 e. The SMILES string of the molecule is C1CCN2CCC(NCC3CCSCC3)C2C1. The van der Waals surface area contributed by atoms with E-state index >= 15 is 0 Å². The van der Waals surface area contributed by atoms with Crippen molar-refractivity contribution in [2.75, 3.05) is 31.1 Å². The van der Waals surface area contributed by atoms with E-state index in [1.165, 1.54) is 69.7 Å². The number of piperidine rings is 1. The van der Waals surface area contributed by atoms with Crippen molar-refractivity contribution in [3.8, 4) is 0 Å². The van der Waals surface area contributed by atoms with E-state index < -0.39 is 0 Å². The lowest BCUT2D eigenvalue weighted by Crippen LogP contribution is -2.46. The standard InChI is InChI=1S/C14H26N2S/c1-2-7-16-8-4-13(14(16)3-1)15-11-12-5-9-17-10-6-12/h12-15H,1-11H2. The molecule has 17 heavy (non-hydrogen) atoms. The highest BCUT2D eigenvalue weighted by Gasteiger charge is 2.35. The van der Waals surface area contributed by atoms with Crippen LogP contribution in [0.4, 0.5) is 0 Å². The molecule has 3 saturated heterocycles. The average Bonchev–Trinajstić information content (AvgIpc) is 2.81. The molecule has 3 heteroatoms. The molecule has 3 aliphatic rings. The average molecular weight is 254 g/mol. The van der Waals surface area contributed by atoms with Gasteiger partial charge in [0, 0.05) is 18.6 Å². The molecule has 98 valence electrons. The van der Waals surface area contributed by atoms with Crippen LogP contribution in [0.25, 0.3) is 0 Å². The van der Waals surface area contributed by atoms with Gasteiger partial charge in [-0.3, -0.25) is 4.90 Å². The number of thioether (sulfide) groups is 1. The maximum Gasteiger partial charge on any atom is 0.0249 e. The van der Waals surface area contributed by atoms with Gasteiger partial charge in [-0.1, -0.05) is 6.42 Å². The van der Waals surface area contributed by atoms with Crippen LogP contribution in [0.3, 0.4) is 0 Å². The second kappa shape index (κ2) is 5.94. The molecular weight excluding hydrogens is 228 g/mol. The van der Waals surface area contributed by atoms with Crippen molar-refractivity contribution >= 4 is 11.8 Å². The highest BCUT2D eigenvalue weighted by atomic mass is 32.2. The van der Waals surface area contributed by atoms with Gasteiger partial charge in [-0.2, -0.15) is 11.8 Å². The Bertz CT molecular complexity index is 240. The Morgan fingerprint density at radius 2 is 1.88 bits per heavy atom. The molecule has 0 aromatic heterocycles. The fourth-order valence-electron chi connectivity index (χ4n) is 3.75. The van der Waals surface area contributed by atoms with E-state index in [0.717, 1.165) is 18.0 Å². The van der Waals surface area contributed by atoms with Crippen LogP contribution in [-0.2, 0) is 0 Å². The Labute approximate surface area is 110 Å². The molecule has 1 N–H and O–H groups in total. The Kier molecular flexibility index (Phi) is 4.30. The topological polar surface area (TPSA) is 15.3 Å². The molecule has 0 aliphatic carbocycles. The lowest BCUT2D eigenvalue weighted by atomic mass is 9.97. The van der Waals surface area contributed by atoms with Crippen LogP contribution in [0.5, 0.6) is 0 Å². The van der Waals surface area contributed by atoms with Crippen molar-refractivity contribution in [3.05, 3.63) is 0 Å². The molecule has 3 aliphatic heterocycles. The van der Waals surface area contributed by atoms with Crippen LogP contribution in [0.15, 0.2) is 0 Å². The summed E-state index contributed by atoms with van der Waals surface area (Å²) in [4.78, 5) is 2.73. The van der Waals surface area contributed by atoms with E-state index in [4.69, 9.17) is 0 Å². The number of rotatable bonds is 3. The van der Waals surface area contributed by atoms with E-state index in [1.807, 2.05) is 0 Å². The molecule has 0 radical (unpaired) electrons. The zero-order chi connectivity index (χ0) is 11.5. The molecule has 0 spiro atoms. The minimum absolute atomic E-state index is 0.810. The summed E-state index contributed by atoms with van der Waals surface area (Å²) in [5.41, 5.74) is 0. The van der Waals surface area contributed by atoms with Crippen molar-refractivity contribution in [2.45, 2.75) is 50.6 Å². The molecule has 0 aromatic rings. The van der Waals surface area contributed by atoms with Crippen LogP contribution < -0.4 is 5.32 Å². The van der Waals surface area contributed by atoms with Crippen molar-refractivity contribution in [2.24, 2.45) is 5.92 Å². The van der Waals surface area contributed by atoms with E-state index in [0.29, 0.717) is 0 Å². The normalized spacial score (nSPS) is 36.0. The van der Waals surface area contributed by atoms with E-state index in [9.17, 15) is 0 Å². The molecule has 0 saturated carbocycles. The molecule has 3 fully saturated rings. The minimum atomic E-state index is 0.810. The third-order valence-electron chi connectivity index (χ3n) is 4.87. The van der Waals surface area contributed by atoms with Crippen molar-refractivity contribution < 1.29 is 0 Å². The van der Waals surface area contributed by atoms with Crippen LogP contribution in [0.1, 0.15) is 38.5 Å². The highest BCUT2D eigenvalue weighted by Crippen LogP contribution is 2.28. The van der Waals surface area contributed by atoms with Crippen LogP contribution >= 0.6 is 11.8 Å². The van der Waals surface area contributed by atoms with Crippen LogP contribution in [0, 0.1) is 5.92 Å². The lowest BCUT2D eigenvalue weighted by Gasteiger charge is -2.33. The van der Waals surface area contributed by atoms with Gasteiger partial charge in [0.05, 0.1) is 0 Å². The number of nitrogens with one attached hydrogen (secondary N) is 1. The maximum absolute atomic E-state index is 3.90. The first kappa shape index (κ1) is 12.3. The third kappa shape index (κ3) is 2.99.